The van der Waals surface area contributed by atoms with Gasteiger partial charge in [0.15, 0.2) is 29.2 Å². The normalized spacial score (nSPS) is 12.5. The number of hydrogen-bond acceptors (Lipinski definition) is 22. The van der Waals surface area contributed by atoms with Gasteiger partial charge in [-0.25, -0.2) is 0 Å². The van der Waals surface area contributed by atoms with Crippen molar-refractivity contribution >= 4 is 246 Å². The van der Waals surface area contributed by atoms with E-state index in [9.17, 15) is 67.1 Å². The van der Waals surface area contributed by atoms with Crippen LogP contribution in [0.5, 0.6) is 0 Å². The number of halogens is 7. The second-order valence-electron chi connectivity index (χ2n) is 18.2. The number of rotatable bonds is 28. The zero-order valence-corrected chi connectivity index (χ0v) is 62.5. The molecule has 2 aromatic rings. The Balaban J connectivity index is 2.99. The molecule has 0 aromatic heterocycles. The highest BCUT2D eigenvalue weighted by molar-refractivity contribution is 14.1. The van der Waals surface area contributed by atoms with E-state index in [-0.39, 0.29) is 68.1 Å². The van der Waals surface area contributed by atoms with Gasteiger partial charge in [-0.15, -0.1) is 0 Å². The van der Waals surface area contributed by atoms with Gasteiger partial charge >= 0.3 is 47.8 Å². The van der Waals surface area contributed by atoms with Gasteiger partial charge < -0.3 is 68.1 Å². The molecule has 0 spiro atoms. The molecular formula is C51H59BrI6N6O22. The summed E-state index contributed by atoms with van der Waals surface area (Å²) in [4.78, 5) is 186. The number of nitrogens with zero attached hydrogens (tertiary/aromatic N) is 4. The highest BCUT2D eigenvalue weighted by Crippen LogP contribution is 2.41. The monoisotopic (exact) mass is 1950 g/mol. The van der Waals surface area contributed by atoms with Gasteiger partial charge in [0.25, 0.3) is 23.6 Å². The molecule has 86 heavy (non-hydrogen) atoms. The third-order valence-corrected chi connectivity index (χ3v) is 18.2. The van der Waals surface area contributed by atoms with Crippen molar-refractivity contribution in [1.82, 2.24) is 20.4 Å². The molecule has 474 valence electrons. The Labute approximate surface area is 583 Å². The van der Waals surface area contributed by atoms with E-state index in [1.54, 1.807) is 136 Å². The number of esters is 8. The number of carbonyl (C=O) groups excluding carboxylic acids is 14. The van der Waals surface area contributed by atoms with Gasteiger partial charge in [0.05, 0.1) is 74.1 Å². The third kappa shape index (κ3) is 23.4. The molecule has 0 fully saturated rings. The standard InChI is InChI=1S/C51H59BrI6N6O22/c1-21(65)79-17-29(83-25(5)69)13-59-46(73)33-38(53)35(48(75)61(9)15-31(85-27(7)71)19-81-23(3)67)42(57)44(40(33)55)63(11)50(77)37(52)51(78)64(12)45-41(56)34(47(74)60-14-30(84-26(6)70)18-80-22(2)66)39(54)36(43(45)58)49(76)62(10)16-32(86-28(8)72)20-82-24(4)68/h29-32,37H,13-20H2,1-12H3,(H,59,73)(H,60,74). The van der Waals surface area contributed by atoms with Gasteiger partial charge in [0, 0.05) is 90.7 Å². The number of ether oxygens (including phenoxy) is 8. The van der Waals surface area contributed by atoms with Crippen molar-refractivity contribution in [2.24, 2.45) is 0 Å². The van der Waals surface area contributed by atoms with E-state index < -0.39 is 152 Å². The van der Waals surface area contributed by atoms with Crippen molar-refractivity contribution in [2.45, 2.75) is 84.6 Å². The van der Waals surface area contributed by atoms with Gasteiger partial charge in [-0.2, -0.15) is 0 Å². The molecule has 28 nitrogen and oxygen atoms in total. The Morgan fingerprint density at radius 2 is 0.628 bits per heavy atom. The fraction of sp³-hybridized carbons (Fsp3) is 0.490. The summed E-state index contributed by atoms with van der Waals surface area (Å²) >= 11 is 13.9. The van der Waals surface area contributed by atoms with Crippen molar-refractivity contribution in [3.8, 4) is 0 Å². The molecule has 4 atom stereocenters. The number of alkyl halides is 1. The average Bonchev–Trinajstić information content (AvgIpc) is 0.814. The molecule has 2 rings (SSSR count). The van der Waals surface area contributed by atoms with Crippen molar-refractivity contribution in [1.29, 1.82) is 0 Å². The van der Waals surface area contributed by atoms with Crippen LogP contribution in [-0.2, 0) is 85.8 Å². The number of likely N-dealkylation sites (N-methyl/N-ethyl adjacent to an activating group) is 2. The van der Waals surface area contributed by atoms with E-state index in [1.165, 1.54) is 28.2 Å². The maximum atomic E-state index is 15.0. The molecule has 0 aliphatic heterocycles. The fourth-order valence-corrected chi connectivity index (χ4v) is 17.7. The lowest BCUT2D eigenvalue weighted by molar-refractivity contribution is -0.156. The first-order valence-corrected chi connectivity index (χ1v) is 32.1. The summed E-state index contributed by atoms with van der Waals surface area (Å²) in [5.74, 6) is -11.2. The van der Waals surface area contributed by atoms with Crippen LogP contribution in [0.4, 0.5) is 11.4 Å². The van der Waals surface area contributed by atoms with Crippen molar-refractivity contribution in [2.75, 3.05) is 90.6 Å². The van der Waals surface area contributed by atoms with Gasteiger partial charge in [-0.3, -0.25) is 67.1 Å². The Morgan fingerprint density at radius 3 is 0.884 bits per heavy atom. The van der Waals surface area contributed by atoms with Gasteiger partial charge in [0.1, 0.15) is 26.4 Å². The lowest BCUT2D eigenvalue weighted by Crippen LogP contribution is -2.46. The minimum atomic E-state index is -1.83. The number of amides is 6. The lowest BCUT2D eigenvalue weighted by Gasteiger charge is -2.30. The molecule has 6 amide bonds. The number of carbonyl (C=O) groups is 14. The predicted molar refractivity (Wildman–Crippen MR) is 356 cm³/mol. The molecule has 0 heterocycles. The van der Waals surface area contributed by atoms with E-state index in [0.29, 0.717) is 0 Å². The Morgan fingerprint density at radius 1 is 0.384 bits per heavy atom. The summed E-state index contributed by atoms with van der Waals surface area (Å²) in [7, 11) is 5.18. The van der Waals surface area contributed by atoms with E-state index in [2.05, 4.69) is 26.6 Å². The molecule has 35 heteroatoms. The number of anilines is 2. The second kappa shape index (κ2) is 36.5. The first-order chi connectivity index (χ1) is 39.9. The Kier molecular flexibility index (Phi) is 33.1. The first kappa shape index (κ1) is 78.0. The van der Waals surface area contributed by atoms with Crippen LogP contribution in [0, 0.1) is 21.4 Å². The summed E-state index contributed by atoms with van der Waals surface area (Å²) in [6.45, 7) is 5.62. The molecule has 0 aliphatic carbocycles. The van der Waals surface area contributed by atoms with E-state index >= 15 is 0 Å². The highest BCUT2D eigenvalue weighted by atomic mass is 127. The molecule has 0 bridgehead atoms. The predicted octanol–water partition coefficient (Wildman–Crippen LogP) is 4.29. The second-order valence-corrected chi connectivity index (χ2v) is 25.6. The van der Waals surface area contributed by atoms with Crippen molar-refractivity contribution in [3.05, 3.63) is 43.7 Å². The molecule has 2 aromatic carbocycles. The maximum absolute atomic E-state index is 15.0. The average molecular weight is 1950 g/mol. The number of hydrogen-bond donors (Lipinski definition) is 2. The Hall–Kier alpha value is -4.12. The highest BCUT2D eigenvalue weighted by Gasteiger charge is 2.39. The molecule has 0 aliphatic rings. The summed E-state index contributed by atoms with van der Waals surface area (Å²) in [6.07, 6.45) is -4.69. The zero-order valence-electron chi connectivity index (χ0n) is 48.0. The largest absolute Gasteiger partial charge is 0.462 e. The molecular weight excluding hydrogens is 1890 g/mol. The van der Waals surface area contributed by atoms with Crippen LogP contribution in [0.25, 0.3) is 0 Å². The first-order valence-electron chi connectivity index (χ1n) is 24.8. The lowest BCUT2D eigenvalue weighted by atomic mass is 10.1. The van der Waals surface area contributed by atoms with E-state index in [4.69, 9.17) is 37.9 Å². The topological polar surface area (TPSA) is 350 Å². The van der Waals surface area contributed by atoms with Crippen LogP contribution in [-0.4, -0.2) is 203 Å². The van der Waals surface area contributed by atoms with E-state index in [1.807, 2.05) is 0 Å². The molecule has 0 saturated carbocycles. The third-order valence-electron chi connectivity index (χ3n) is 11.1. The number of nitrogens with one attached hydrogen (secondary N) is 2. The fourth-order valence-electron chi connectivity index (χ4n) is 7.38. The minimum Gasteiger partial charge on any atom is -0.462 e. The Bertz CT molecular complexity index is 2830. The van der Waals surface area contributed by atoms with Gasteiger partial charge in [0.2, 0.25) is 11.8 Å². The van der Waals surface area contributed by atoms with Crippen LogP contribution in [0.2, 0.25) is 0 Å². The summed E-state index contributed by atoms with van der Waals surface area (Å²) in [5.41, 5.74) is -0.875. The smallest absolute Gasteiger partial charge is 0.303 e. The summed E-state index contributed by atoms with van der Waals surface area (Å²) in [6, 6.07) is 0. The molecule has 0 saturated heterocycles. The van der Waals surface area contributed by atoms with Crippen LogP contribution >= 0.6 is 151 Å². The summed E-state index contributed by atoms with van der Waals surface area (Å²) < 4.78 is 41.6. The molecule has 4 unspecified atom stereocenters. The van der Waals surface area contributed by atoms with E-state index in [0.717, 1.165) is 75.0 Å². The quantitative estimate of drug-likeness (QED) is 0.0394. The van der Waals surface area contributed by atoms with Crippen LogP contribution < -0.4 is 20.4 Å². The van der Waals surface area contributed by atoms with Crippen molar-refractivity contribution < 1.29 is 105 Å². The van der Waals surface area contributed by atoms with Crippen molar-refractivity contribution in [3.63, 3.8) is 0 Å². The van der Waals surface area contributed by atoms with Gasteiger partial charge in [-0.05, 0) is 136 Å². The van der Waals surface area contributed by atoms with Crippen LogP contribution in [0.1, 0.15) is 96.8 Å². The molecule has 2 N–H and O–H groups in total. The minimum absolute atomic E-state index is 0.0332. The van der Waals surface area contributed by atoms with Gasteiger partial charge in [-0.1, -0.05) is 15.9 Å². The van der Waals surface area contributed by atoms with Crippen LogP contribution in [0.3, 0.4) is 0 Å². The zero-order chi connectivity index (χ0) is 65.9. The molecule has 0 radical (unpaired) electrons. The summed E-state index contributed by atoms with van der Waals surface area (Å²) in [5, 5.41) is 5.24. The maximum Gasteiger partial charge on any atom is 0.303 e. The van der Waals surface area contributed by atoms with Crippen LogP contribution in [0.15, 0.2) is 0 Å². The number of benzene rings is 2. The SMILES string of the molecule is CC(=O)OCC(CNC(=O)c1c(I)c(C(=O)N(C)CC(COC(C)=O)OC(C)=O)c(I)c(N(C)C(=O)C(Br)C(=O)N(C)c2c(I)c(C(=O)NCC(COC(C)=O)OC(C)=O)c(I)c(C(=O)N(C)CC(COC(C)=O)OC(C)=O)c2I)c1I)OC(C)=O.